The van der Waals surface area contributed by atoms with Gasteiger partial charge in [0.05, 0.1) is 6.61 Å². The molecule has 4 heteroatoms. The van der Waals surface area contributed by atoms with E-state index >= 15 is 0 Å². The lowest BCUT2D eigenvalue weighted by Crippen LogP contribution is -2.16. The van der Waals surface area contributed by atoms with Crippen LogP contribution in [0.3, 0.4) is 0 Å². The van der Waals surface area contributed by atoms with E-state index in [-0.39, 0.29) is 12.1 Å². The first-order valence-electron chi connectivity index (χ1n) is 8.27. The molecule has 0 saturated heterocycles. The van der Waals surface area contributed by atoms with Crippen LogP contribution >= 0.6 is 0 Å². The second-order valence-corrected chi connectivity index (χ2v) is 5.64. The van der Waals surface area contributed by atoms with Gasteiger partial charge in [-0.05, 0) is 36.9 Å². The molecule has 0 heterocycles. The molecule has 0 aromatic heterocycles. The molecule has 128 valence electrons. The van der Waals surface area contributed by atoms with Gasteiger partial charge in [0.25, 0.3) is 0 Å². The minimum atomic E-state index is -0.245. The van der Waals surface area contributed by atoms with Crippen molar-refractivity contribution in [2.24, 2.45) is 0 Å². The second-order valence-electron chi connectivity index (χ2n) is 5.64. The quantitative estimate of drug-likeness (QED) is 0.716. The van der Waals surface area contributed by atoms with Crippen molar-refractivity contribution in [2.75, 3.05) is 20.2 Å². The first-order chi connectivity index (χ1) is 11.7. The Morgan fingerprint density at radius 2 is 1.79 bits per heavy atom. The van der Waals surface area contributed by atoms with Crippen molar-refractivity contribution < 1.29 is 14.3 Å². The first-order valence-corrected chi connectivity index (χ1v) is 8.27. The van der Waals surface area contributed by atoms with Gasteiger partial charge in [0.1, 0.15) is 11.9 Å². The standard InChI is InChI=1S/C20H25NO3/c1-16(22)23-15-13-17-8-10-19(11-9-17)24-20(12-14-21-2)18-6-4-3-5-7-18/h3-11,20-21H,12-15H2,1-2H3. The van der Waals surface area contributed by atoms with Crippen molar-refractivity contribution in [1.82, 2.24) is 5.32 Å². The number of nitrogens with one attached hydrogen (secondary N) is 1. The second kappa shape index (κ2) is 9.73. The van der Waals surface area contributed by atoms with E-state index in [0.717, 1.165) is 24.3 Å². The molecule has 0 radical (unpaired) electrons. The molecular weight excluding hydrogens is 302 g/mol. The lowest BCUT2D eigenvalue weighted by Gasteiger charge is -2.20. The van der Waals surface area contributed by atoms with Crippen LogP contribution < -0.4 is 10.1 Å². The van der Waals surface area contributed by atoms with E-state index < -0.39 is 0 Å². The fourth-order valence-electron chi connectivity index (χ4n) is 2.45. The fraction of sp³-hybridized carbons (Fsp3) is 0.350. The zero-order valence-electron chi connectivity index (χ0n) is 14.3. The maximum absolute atomic E-state index is 10.8. The summed E-state index contributed by atoms with van der Waals surface area (Å²) in [6.07, 6.45) is 1.63. The molecule has 4 nitrogen and oxygen atoms in total. The summed E-state index contributed by atoms with van der Waals surface area (Å²) in [5.74, 6) is 0.599. The number of hydrogen-bond acceptors (Lipinski definition) is 4. The number of carbonyl (C=O) groups excluding carboxylic acids is 1. The molecule has 0 aliphatic carbocycles. The molecule has 0 amide bonds. The third-order valence-electron chi connectivity index (χ3n) is 3.73. The van der Waals surface area contributed by atoms with E-state index in [1.54, 1.807) is 0 Å². The van der Waals surface area contributed by atoms with Gasteiger partial charge in [0.2, 0.25) is 0 Å². The molecule has 0 fully saturated rings. The van der Waals surface area contributed by atoms with Crippen LogP contribution in [0.15, 0.2) is 54.6 Å². The van der Waals surface area contributed by atoms with Gasteiger partial charge in [-0.3, -0.25) is 4.79 Å². The van der Waals surface area contributed by atoms with Gasteiger partial charge in [-0.2, -0.15) is 0 Å². The Bertz CT molecular complexity index is 611. The molecule has 2 rings (SSSR count). The van der Waals surface area contributed by atoms with Gasteiger partial charge in [-0.15, -0.1) is 0 Å². The third-order valence-corrected chi connectivity index (χ3v) is 3.73. The predicted octanol–water partition coefficient (Wildman–Crippen LogP) is 3.52. The molecule has 2 aromatic carbocycles. The molecule has 0 bridgehead atoms. The summed E-state index contributed by atoms with van der Waals surface area (Å²) in [6, 6.07) is 18.2. The van der Waals surface area contributed by atoms with Crippen LogP contribution in [0, 0.1) is 0 Å². The molecule has 1 unspecified atom stereocenters. The molecular formula is C20H25NO3. The number of esters is 1. The Labute approximate surface area is 143 Å². The number of ether oxygens (including phenoxy) is 2. The highest BCUT2D eigenvalue weighted by Gasteiger charge is 2.12. The van der Waals surface area contributed by atoms with Crippen LogP contribution in [0.4, 0.5) is 0 Å². The Morgan fingerprint density at radius 3 is 2.42 bits per heavy atom. The van der Waals surface area contributed by atoms with Gasteiger partial charge in [-0.25, -0.2) is 0 Å². The maximum Gasteiger partial charge on any atom is 0.302 e. The number of rotatable bonds is 9. The van der Waals surface area contributed by atoms with E-state index in [9.17, 15) is 4.79 Å². The molecule has 2 aromatic rings. The molecule has 0 saturated carbocycles. The van der Waals surface area contributed by atoms with Gasteiger partial charge >= 0.3 is 5.97 Å². The summed E-state index contributed by atoms with van der Waals surface area (Å²) in [5, 5.41) is 3.17. The van der Waals surface area contributed by atoms with Gasteiger partial charge in [0.15, 0.2) is 0 Å². The van der Waals surface area contributed by atoms with Gasteiger partial charge < -0.3 is 14.8 Å². The number of benzene rings is 2. The van der Waals surface area contributed by atoms with Crippen LogP contribution in [0.1, 0.15) is 30.6 Å². The summed E-state index contributed by atoms with van der Waals surface area (Å²) in [4.78, 5) is 10.8. The fourth-order valence-corrected chi connectivity index (χ4v) is 2.45. The number of hydrogen-bond donors (Lipinski definition) is 1. The first kappa shape index (κ1) is 18.0. The SMILES string of the molecule is CNCCC(Oc1ccc(CCOC(C)=O)cc1)c1ccccc1. The maximum atomic E-state index is 10.8. The summed E-state index contributed by atoms with van der Waals surface area (Å²) in [6.45, 7) is 2.72. The highest BCUT2D eigenvalue weighted by atomic mass is 16.5. The highest BCUT2D eigenvalue weighted by Crippen LogP contribution is 2.25. The zero-order chi connectivity index (χ0) is 17.2. The zero-order valence-corrected chi connectivity index (χ0v) is 14.3. The van der Waals surface area contributed by atoms with Crippen molar-refractivity contribution >= 4 is 5.97 Å². The molecule has 1 N–H and O–H groups in total. The lowest BCUT2D eigenvalue weighted by atomic mass is 10.1. The Kier molecular flexibility index (Phi) is 7.30. The summed E-state index contributed by atoms with van der Waals surface area (Å²) < 4.78 is 11.1. The molecule has 0 spiro atoms. The summed E-state index contributed by atoms with van der Waals surface area (Å²) in [7, 11) is 1.94. The Morgan fingerprint density at radius 1 is 1.08 bits per heavy atom. The highest BCUT2D eigenvalue weighted by molar-refractivity contribution is 5.65. The van der Waals surface area contributed by atoms with Crippen LogP contribution in [-0.2, 0) is 16.0 Å². The van der Waals surface area contributed by atoms with Crippen molar-refractivity contribution in [3.8, 4) is 5.75 Å². The van der Waals surface area contributed by atoms with E-state index in [0.29, 0.717) is 13.0 Å². The van der Waals surface area contributed by atoms with E-state index in [1.165, 1.54) is 12.5 Å². The van der Waals surface area contributed by atoms with E-state index in [2.05, 4.69) is 17.4 Å². The Hall–Kier alpha value is -2.33. The van der Waals surface area contributed by atoms with Crippen LogP contribution in [-0.4, -0.2) is 26.2 Å². The van der Waals surface area contributed by atoms with Crippen molar-refractivity contribution in [3.63, 3.8) is 0 Å². The number of carbonyl (C=O) groups is 1. The van der Waals surface area contributed by atoms with Gasteiger partial charge in [0, 0.05) is 19.8 Å². The van der Waals surface area contributed by atoms with Gasteiger partial charge in [-0.1, -0.05) is 42.5 Å². The third kappa shape index (κ3) is 6.05. The van der Waals surface area contributed by atoms with Crippen LogP contribution in [0.2, 0.25) is 0 Å². The lowest BCUT2D eigenvalue weighted by molar-refractivity contribution is -0.140. The predicted molar refractivity (Wildman–Crippen MR) is 95.1 cm³/mol. The average molecular weight is 327 g/mol. The largest absolute Gasteiger partial charge is 0.486 e. The normalized spacial score (nSPS) is 11.8. The smallest absolute Gasteiger partial charge is 0.302 e. The molecule has 0 aliphatic rings. The molecule has 0 aliphatic heterocycles. The van der Waals surface area contributed by atoms with Crippen molar-refractivity contribution in [1.29, 1.82) is 0 Å². The minimum Gasteiger partial charge on any atom is -0.486 e. The molecule has 24 heavy (non-hydrogen) atoms. The Balaban J connectivity index is 1.97. The van der Waals surface area contributed by atoms with Crippen LogP contribution in [0.25, 0.3) is 0 Å². The topological polar surface area (TPSA) is 47.6 Å². The van der Waals surface area contributed by atoms with E-state index in [4.69, 9.17) is 9.47 Å². The van der Waals surface area contributed by atoms with E-state index in [1.807, 2.05) is 49.5 Å². The van der Waals surface area contributed by atoms with Crippen molar-refractivity contribution in [2.45, 2.75) is 25.9 Å². The average Bonchev–Trinajstić information content (AvgIpc) is 2.60. The minimum absolute atomic E-state index is 0.0190. The monoisotopic (exact) mass is 327 g/mol. The molecule has 1 atom stereocenters. The van der Waals surface area contributed by atoms with Crippen molar-refractivity contribution in [3.05, 3.63) is 65.7 Å². The van der Waals surface area contributed by atoms with Crippen LogP contribution in [0.5, 0.6) is 5.75 Å². The summed E-state index contributed by atoms with van der Waals surface area (Å²) in [5.41, 5.74) is 2.29. The summed E-state index contributed by atoms with van der Waals surface area (Å²) >= 11 is 0.